The molecule has 1 aromatic rings. The maximum Gasteiger partial charge on any atom is 0.126 e. The van der Waals surface area contributed by atoms with E-state index < -0.39 is 0 Å². The molecule has 1 aliphatic rings. The predicted octanol–water partition coefficient (Wildman–Crippen LogP) is 3.76. The first-order valence-electron chi connectivity index (χ1n) is 6.56. The Labute approximate surface area is 104 Å². The van der Waals surface area contributed by atoms with Crippen molar-refractivity contribution in [3.8, 4) is 0 Å². The lowest BCUT2D eigenvalue weighted by atomic mass is 9.88. The zero-order chi connectivity index (χ0) is 12.4. The van der Waals surface area contributed by atoms with Crippen molar-refractivity contribution in [2.24, 2.45) is 0 Å². The summed E-state index contributed by atoms with van der Waals surface area (Å²) in [6, 6.07) is 5.81. The molecule has 0 radical (unpaired) electrons. The Morgan fingerprint density at radius 2 is 1.88 bits per heavy atom. The molecule has 0 aromatic heterocycles. The molecular formula is C15H22FN. The van der Waals surface area contributed by atoms with E-state index in [1.807, 2.05) is 6.07 Å². The van der Waals surface area contributed by atoms with Crippen LogP contribution in [-0.2, 0) is 0 Å². The lowest BCUT2D eigenvalue weighted by molar-refractivity contribution is 0.253. The summed E-state index contributed by atoms with van der Waals surface area (Å²) in [5.74, 6) is 0.800. The van der Waals surface area contributed by atoms with Crippen LogP contribution in [0.1, 0.15) is 49.7 Å². The minimum absolute atomic E-state index is 0.00856. The Morgan fingerprint density at radius 1 is 1.24 bits per heavy atom. The van der Waals surface area contributed by atoms with Gasteiger partial charge in [0, 0.05) is 0 Å². The van der Waals surface area contributed by atoms with Gasteiger partial charge in [0.1, 0.15) is 5.82 Å². The van der Waals surface area contributed by atoms with E-state index in [-0.39, 0.29) is 5.82 Å². The van der Waals surface area contributed by atoms with E-state index in [0.29, 0.717) is 11.8 Å². The van der Waals surface area contributed by atoms with Gasteiger partial charge in [-0.25, -0.2) is 4.39 Å². The molecule has 1 aromatic carbocycles. The van der Waals surface area contributed by atoms with E-state index in [0.717, 1.165) is 37.1 Å². The van der Waals surface area contributed by atoms with Crippen molar-refractivity contribution in [2.45, 2.75) is 38.5 Å². The van der Waals surface area contributed by atoms with Crippen LogP contribution in [-0.4, -0.2) is 25.0 Å². The van der Waals surface area contributed by atoms with Gasteiger partial charge in [-0.1, -0.05) is 26.0 Å². The highest BCUT2D eigenvalue weighted by molar-refractivity contribution is 5.29. The standard InChI is InChI=1S/C15H22FN/c1-11(2)13-4-5-14(15(16)10-13)12-6-8-17(3)9-7-12/h4-5,10-12H,6-9H2,1-3H3. The Kier molecular flexibility index (Phi) is 3.82. The summed E-state index contributed by atoms with van der Waals surface area (Å²) in [5.41, 5.74) is 2.02. The summed E-state index contributed by atoms with van der Waals surface area (Å²) in [6.45, 7) is 6.36. The topological polar surface area (TPSA) is 3.24 Å². The normalized spacial score (nSPS) is 18.9. The van der Waals surface area contributed by atoms with Gasteiger partial charge in [0.05, 0.1) is 0 Å². The fraction of sp³-hybridized carbons (Fsp3) is 0.600. The van der Waals surface area contributed by atoms with Crippen molar-refractivity contribution in [1.29, 1.82) is 0 Å². The summed E-state index contributed by atoms with van der Waals surface area (Å²) in [4.78, 5) is 2.32. The molecule has 0 bridgehead atoms. The predicted molar refractivity (Wildman–Crippen MR) is 70.0 cm³/mol. The van der Waals surface area contributed by atoms with Crippen molar-refractivity contribution in [3.63, 3.8) is 0 Å². The number of nitrogens with zero attached hydrogens (tertiary/aromatic N) is 1. The van der Waals surface area contributed by atoms with Gasteiger partial charge in [-0.05, 0) is 62.0 Å². The van der Waals surface area contributed by atoms with Gasteiger partial charge in [0.25, 0.3) is 0 Å². The number of likely N-dealkylation sites (tertiary alicyclic amines) is 1. The molecule has 1 fully saturated rings. The monoisotopic (exact) mass is 235 g/mol. The van der Waals surface area contributed by atoms with Crippen LogP contribution in [0.25, 0.3) is 0 Å². The molecule has 1 saturated heterocycles. The number of halogens is 1. The zero-order valence-electron chi connectivity index (χ0n) is 11.0. The fourth-order valence-electron chi connectivity index (χ4n) is 2.55. The molecule has 0 spiro atoms. The minimum atomic E-state index is -0.00856. The van der Waals surface area contributed by atoms with E-state index in [9.17, 15) is 4.39 Å². The van der Waals surface area contributed by atoms with Crippen molar-refractivity contribution in [1.82, 2.24) is 4.90 Å². The summed E-state index contributed by atoms with van der Waals surface area (Å²) < 4.78 is 14.1. The van der Waals surface area contributed by atoms with E-state index in [2.05, 4.69) is 31.9 Å². The van der Waals surface area contributed by atoms with Crippen LogP contribution >= 0.6 is 0 Å². The van der Waals surface area contributed by atoms with Gasteiger partial charge >= 0.3 is 0 Å². The molecule has 1 nitrogen and oxygen atoms in total. The van der Waals surface area contributed by atoms with Crippen LogP contribution in [0.4, 0.5) is 4.39 Å². The first-order valence-corrected chi connectivity index (χ1v) is 6.56. The van der Waals surface area contributed by atoms with E-state index in [4.69, 9.17) is 0 Å². The minimum Gasteiger partial charge on any atom is -0.306 e. The van der Waals surface area contributed by atoms with Gasteiger partial charge < -0.3 is 4.90 Å². The van der Waals surface area contributed by atoms with Gasteiger partial charge in [-0.3, -0.25) is 0 Å². The molecule has 94 valence electrons. The highest BCUT2D eigenvalue weighted by Crippen LogP contribution is 2.30. The van der Waals surface area contributed by atoms with Crippen LogP contribution < -0.4 is 0 Å². The molecule has 17 heavy (non-hydrogen) atoms. The van der Waals surface area contributed by atoms with E-state index in [1.165, 1.54) is 0 Å². The maximum atomic E-state index is 14.1. The largest absolute Gasteiger partial charge is 0.306 e. The first-order chi connectivity index (χ1) is 8.08. The average Bonchev–Trinajstić information content (AvgIpc) is 2.30. The third-order valence-electron chi connectivity index (χ3n) is 3.85. The number of benzene rings is 1. The molecule has 0 atom stereocenters. The zero-order valence-corrected chi connectivity index (χ0v) is 11.0. The van der Waals surface area contributed by atoms with E-state index >= 15 is 0 Å². The second kappa shape index (κ2) is 5.18. The lowest BCUT2D eigenvalue weighted by Crippen LogP contribution is -2.29. The Morgan fingerprint density at radius 3 is 2.41 bits per heavy atom. The molecule has 0 N–H and O–H groups in total. The third-order valence-corrected chi connectivity index (χ3v) is 3.85. The summed E-state index contributed by atoms with van der Waals surface area (Å²) in [7, 11) is 2.13. The SMILES string of the molecule is CC(C)c1ccc(C2CCN(C)CC2)c(F)c1. The molecule has 0 unspecified atom stereocenters. The number of hydrogen-bond acceptors (Lipinski definition) is 1. The Bertz CT molecular complexity index is 379. The van der Waals surface area contributed by atoms with Crippen molar-refractivity contribution in [2.75, 3.05) is 20.1 Å². The maximum absolute atomic E-state index is 14.1. The van der Waals surface area contributed by atoms with Gasteiger partial charge in [-0.2, -0.15) is 0 Å². The third kappa shape index (κ3) is 2.86. The number of hydrogen-bond donors (Lipinski definition) is 0. The highest BCUT2D eigenvalue weighted by atomic mass is 19.1. The summed E-state index contributed by atoms with van der Waals surface area (Å²) in [5, 5.41) is 0. The Balaban J connectivity index is 2.16. The summed E-state index contributed by atoms with van der Waals surface area (Å²) in [6.07, 6.45) is 2.16. The van der Waals surface area contributed by atoms with Crippen LogP contribution in [0.3, 0.4) is 0 Å². The van der Waals surface area contributed by atoms with Crippen molar-refractivity contribution >= 4 is 0 Å². The second-order valence-electron chi connectivity index (χ2n) is 5.51. The molecule has 1 aliphatic heterocycles. The fourth-order valence-corrected chi connectivity index (χ4v) is 2.55. The van der Waals surface area contributed by atoms with E-state index in [1.54, 1.807) is 6.07 Å². The molecule has 0 aliphatic carbocycles. The molecule has 2 heteroatoms. The van der Waals surface area contributed by atoms with Crippen LogP contribution in [0.5, 0.6) is 0 Å². The van der Waals surface area contributed by atoms with Crippen LogP contribution in [0, 0.1) is 5.82 Å². The molecule has 2 rings (SSSR count). The molecule has 0 saturated carbocycles. The van der Waals surface area contributed by atoms with Gasteiger partial charge in [0.2, 0.25) is 0 Å². The smallest absolute Gasteiger partial charge is 0.126 e. The molecule has 0 amide bonds. The first kappa shape index (κ1) is 12.6. The van der Waals surface area contributed by atoms with Gasteiger partial charge in [0.15, 0.2) is 0 Å². The number of piperidine rings is 1. The molecular weight excluding hydrogens is 213 g/mol. The number of rotatable bonds is 2. The van der Waals surface area contributed by atoms with Crippen molar-refractivity contribution in [3.05, 3.63) is 35.1 Å². The quantitative estimate of drug-likeness (QED) is 0.754. The average molecular weight is 235 g/mol. The van der Waals surface area contributed by atoms with Gasteiger partial charge in [-0.15, -0.1) is 0 Å². The van der Waals surface area contributed by atoms with Crippen LogP contribution in [0.2, 0.25) is 0 Å². The molecule has 1 heterocycles. The van der Waals surface area contributed by atoms with Crippen molar-refractivity contribution < 1.29 is 4.39 Å². The Hall–Kier alpha value is -0.890. The lowest BCUT2D eigenvalue weighted by Gasteiger charge is -2.29. The second-order valence-corrected chi connectivity index (χ2v) is 5.51. The summed E-state index contributed by atoms with van der Waals surface area (Å²) >= 11 is 0. The highest BCUT2D eigenvalue weighted by Gasteiger charge is 2.21. The van der Waals surface area contributed by atoms with Crippen LogP contribution in [0.15, 0.2) is 18.2 Å².